The van der Waals surface area contributed by atoms with Crippen LogP contribution < -0.4 is 5.32 Å². The van der Waals surface area contributed by atoms with Crippen molar-refractivity contribution >= 4 is 5.78 Å². The summed E-state index contributed by atoms with van der Waals surface area (Å²) in [6, 6.07) is -0.445. The summed E-state index contributed by atoms with van der Waals surface area (Å²) in [5, 5.41) is 12.9. The van der Waals surface area contributed by atoms with Crippen molar-refractivity contribution in [2.45, 2.75) is 78.8 Å². The second-order valence-corrected chi connectivity index (χ2v) is 5.78. The minimum atomic E-state index is -0.445. The van der Waals surface area contributed by atoms with Gasteiger partial charge in [-0.05, 0) is 32.6 Å². The van der Waals surface area contributed by atoms with Crippen LogP contribution in [0.1, 0.15) is 67.2 Å². The van der Waals surface area contributed by atoms with E-state index in [1.807, 2.05) is 20.8 Å². The largest absolute Gasteiger partial charge is 0.394 e. The van der Waals surface area contributed by atoms with Crippen LogP contribution in [-0.2, 0) is 4.79 Å². The first-order valence-corrected chi connectivity index (χ1v) is 7.25. The highest BCUT2D eigenvalue weighted by atomic mass is 16.3. The summed E-state index contributed by atoms with van der Waals surface area (Å²) in [4.78, 5) is 12.5. The van der Waals surface area contributed by atoms with Crippen LogP contribution in [0.5, 0.6) is 0 Å². The molecule has 0 fully saturated rings. The van der Waals surface area contributed by atoms with Crippen molar-refractivity contribution in [1.29, 1.82) is 0 Å². The number of Topliss-reactive ketones (excluding diaryl/α,β-unsaturated/α-hetero) is 1. The molecule has 108 valence electrons. The third-order valence-corrected chi connectivity index (χ3v) is 4.74. The lowest BCUT2D eigenvalue weighted by Crippen LogP contribution is -2.55. The summed E-state index contributed by atoms with van der Waals surface area (Å²) in [6.45, 7) is 12.3. The van der Waals surface area contributed by atoms with E-state index in [9.17, 15) is 9.90 Å². The summed E-state index contributed by atoms with van der Waals surface area (Å²) >= 11 is 0. The molecule has 0 radical (unpaired) electrons. The Labute approximate surface area is 112 Å². The van der Waals surface area contributed by atoms with E-state index >= 15 is 0 Å². The van der Waals surface area contributed by atoms with Crippen molar-refractivity contribution in [2.75, 3.05) is 6.61 Å². The molecule has 0 rings (SSSR count). The van der Waals surface area contributed by atoms with Crippen LogP contribution in [0, 0.1) is 5.41 Å². The van der Waals surface area contributed by atoms with E-state index in [1.54, 1.807) is 0 Å². The molecular weight excluding hydrogens is 226 g/mol. The number of hydrogen-bond acceptors (Lipinski definition) is 3. The van der Waals surface area contributed by atoms with Gasteiger partial charge >= 0.3 is 0 Å². The summed E-state index contributed by atoms with van der Waals surface area (Å²) in [5.74, 6) is 0.142. The van der Waals surface area contributed by atoms with Gasteiger partial charge in [-0.1, -0.05) is 34.6 Å². The van der Waals surface area contributed by atoms with Crippen molar-refractivity contribution in [3.8, 4) is 0 Å². The Bertz CT molecular complexity index is 255. The molecule has 0 saturated heterocycles. The van der Waals surface area contributed by atoms with Gasteiger partial charge in [0.05, 0.1) is 12.6 Å². The van der Waals surface area contributed by atoms with Gasteiger partial charge in [0.25, 0.3) is 0 Å². The second kappa shape index (κ2) is 7.25. The number of aliphatic hydroxyl groups excluding tert-OH is 1. The van der Waals surface area contributed by atoms with Crippen LogP contribution in [0.4, 0.5) is 0 Å². The fraction of sp³-hybridized carbons (Fsp3) is 0.933. The Morgan fingerprint density at radius 3 is 1.78 bits per heavy atom. The fourth-order valence-corrected chi connectivity index (χ4v) is 2.09. The Morgan fingerprint density at radius 1 is 1.06 bits per heavy atom. The van der Waals surface area contributed by atoms with E-state index in [2.05, 4.69) is 26.1 Å². The lowest BCUT2D eigenvalue weighted by atomic mass is 9.77. The quantitative estimate of drug-likeness (QED) is 0.668. The molecule has 0 aromatic heterocycles. The smallest absolute Gasteiger partial charge is 0.157 e. The van der Waals surface area contributed by atoms with E-state index in [0.717, 1.165) is 25.7 Å². The topological polar surface area (TPSA) is 49.3 Å². The van der Waals surface area contributed by atoms with Crippen LogP contribution in [0.2, 0.25) is 0 Å². The predicted molar refractivity (Wildman–Crippen MR) is 76.7 cm³/mol. The van der Waals surface area contributed by atoms with E-state index in [1.165, 1.54) is 0 Å². The van der Waals surface area contributed by atoms with Gasteiger partial charge in [-0.25, -0.2) is 0 Å². The summed E-state index contributed by atoms with van der Waals surface area (Å²) in [5.41, 5.74) is -0.408. The molecule has 0 spiro atoms. The normalized spacial score (nSPS) is 14.6. The summed E-state index contributed by atoms with van der Waals surface area (Å²) < 4.78 is 0. The maximum Gasteiger partial charge on any atom is 0.157 e. The summed E-state index contributed by atoms with van der Waals surface area (Å²) in [7, 11) is 0. The van der Waals surface area contributed by atoms with Crippen molar-refractivity contribution in [2.24, 2.45) is 5.41 Å². The number of hydrogen-bond donors (Lipinski definition) is 2. The first kappa shape index (κ1) is 17.6. The zero-order valence-electron chi connectivity index (χ0n) is 13.0. The Kier molecular flexibility index (Phi) is 7.08. The van der Waals surface area contributed by atoms with Crippen LogP contribution in [-0.4, -0.2) is 29.1 Å². The van der Waals surface area contributed by atoms with Crippen molar-refractivity contribution in [3.63, 3.8) is 0 Å². The maximum absolute atomic E-state index is 12.5. The molecule has 1 atom stereocenters. The lowest BCUT2D eigenvalue weighted by Gasteiger charge is -2.36. The Balaban J connectivity index is 4.94. The first-order valence-electron chi connectivity index (χ1n) is 7.25. The third-order valence-electron chi connectivity index (χ3n) is 4.74. The zero-order valence-corrected chi connectivity index (χ0v) is 13.0. The molecule has 0 heterocycles. The molecule has 0 bridgehead atoms. The average Bonchev–Trinajstić information content (AvgIpc) is 2.42. The number of rotatable bonds is 9. The van der Waals surface area contributed by atoms with Crippen molar-refractivity contribution in [3.05, 3.63) is 0 Å². The number of nitrogens with one attached hydrogen (secondary N) is 1. The highest BCUT2D eigenvalue weighted by molar-refractivity contribution is 5.89. The van der Waals surface area contributed by atoms with Crippen molar-refractivity contribution in [1.82, 2.24) is 5.32 Å². The van der Waals surface area contributed by atoms with Crippen LogP contribution in [0.25, 0.3) is 0 Å². The van der Waals surface area contributed by atoms with Gasteiger partial charge in [0.1, 0.15) is 0 Å². The van der Waals surface area contributed by atoms with Crippen LogP contribution >= 0.6 is 0 Å². The molecule has 0 aliphatic carbocycles. The predicted octanol–water partition coefficient (Wildman–Crippen LogP) is 2.91. The number of aliphatic hydroxyl groups is 1. The van der Waals surface area contributed by atoms with Gasteiger partial charge in [-0.15, -0.1) is 0 Å². The van der Waals surface area contributed by atoms with E-state index < -0.39 is 6.04 Å². The Morgan fingerprint density at radius 2 is 1.50 bits per heavy atom. The Hall–Kier alpha value is -0.410. The molecule has 0 aliphatic rings. The number of ketones is 1. The highest BCUT2D eigenvalue weighted by Gasteiger charge is 2.37. The maximum atomic E-state index is 12.5. The van der Waals surface area contributed by atoms with Gasteiger partial charge in [0.15, 0.2) is 5.78 Å². The molecule has 0 aliphatic heterocycles. The molecule has 3 heteroatoms. The first-order chi connectivity index (χ1) is 8.32. The molecule has 3 nitrogen and oxygen atoms in total. The molecular formula is C15H31NO2. The molecule has 1 unspecified atom stereocenters. The number of carbonyl (C=O) groups is 1. The third kappa shape index (κ3) is 4.06. The summed E-state index contributed by atoms with van der Waals surface area (Å²) in [6.07, 6.45) is 3.52. The standard InChI is InChI=1S/C15H31NO2/c1-7-14(5,8-2)13(18)12(11-17)16-15(6,9-3)10-4/h12,16-17H,7-11H2,1-6H3. The molecule has 0 amide bonds. The van der Waals surface area contributed by atoms with Gasteiger partial charge in [-0.2, -0.15) is 0 Å². The van der Waals surface area contributed by atoms with Crippen LogP contribution in [0.3, 0.4) is 0 Å². The average molecular weight is 257 g/mol. The minimum absolute atomic E-state index is 0.0779. The number of carbonyl (C=O) groups excluding carboxylic acids is 1. The van der Waals surface area contributed by atoms with Crippen LogP contribution in [0.15, 0.2) is 0 Å². The van der Waals surface area contributed by atoms with E-state index in [4.69, 9.17) is 0 Å². The fourth-order valence-electron chi connectivity index (χ4n) is 2.09. The zero-order chi connectivity index (χ0) is 14.4. The monoisotopic (exact) mass is 257 g/mol. The van der Waals surface area contributed by atoms with Gasteiger partial charge in [-0.3, -0.25) is 4.79 Å². The van der Waals surface area contributed by atoms with E-state index in [0.29, 0.717) is 0 Å². The molecule has 0 aromatic rings. The SMILES string of the molecule is CCC(C)(CC)NC(CO)C(=O)C(C)(CC)CC. The van der Waals surface area contributed by atoms with Gasteiger partial charge in [0.2, 0.25) is 0 Å². The molecule has 0 saturated carbocycles. The molecule has 0 aromatic carbocycles. The van der Waals surface area contributed by atoms with Gasteiger partial charge in [0, 0.05) is 11.0 Å². The second-order valence-electron chi connectivity index (χ2n) is 5.78. The van der Waals surface area contributed by atoms with Crippen molar-refractivity contribution < 1.29 is 9.90 Å². The molecule has 2 N–H and O–H groups in total. The molecule has 18 heavy (non-hydrogen) atoms. The minimum Gasteiger partial charge on any atom is -0.394 e. The van der Waals surface area contributed by atoms with Gasteiger partial charge < -0.3 is 10.4 Å². The van der Waals surface area contributed by atoms with E-state index in [-0.39, 0.29) is 23.3 Å². The highest BCUT2D eigenvalue weighted by Crippen LogP contribution is 2.29. The lowest BCUT2D eigenvalue weighted by molar-refractivity contribution is -0.132.